The molecule has 2 amide bonds. The van der Waals surface area contributed by atoms with Crippen LogP contribution in [0.3, 0.4) is 0 Å². The van der Waals surface area contributed by atoms with Crippen molar-refractivity contribution in [3.8, 4) is 0 Å². The average molecular weight is 274 g/mol. The first-order valence-electron chi connectivity index (χ1n) is 6.45. The zero-order valence-electron chi connectivity index (χ0n) is 11.4. The first-order valence-corrected chi connectivity index (χ1v) is 6.45. The van der Waals surface area contributed by atoms with Gasteiger partial charge in [0.25, 0.3) is 0 Å². The molecule has 0 aromatic carbocycles. The molecule has 1 aliphatic heterocycles. The van der Waals surface area contributed by atoms with Crippen LogP contribution < -0.4 is 5.32 Å². The summed E-state index contributed by atoms with van der Waals surface area (Å²) in [6.07, 6.45) is 0.308. The summed E-state index contributed by atoms with van der Waals surface area (Å²) in [6, 6.07) is -0.200. The van der Waals surface area contributed by atoms with Crippen molar-refractivity contribution in [1.29, 1.82) is 0 Å². The van der Waals surface area contributed by atoms with Gasteiger partial charge in [-0.15, -0.1) is 0 Å². The van der Waals surface area contributed by atoms with E-state index in [1.165, 1.54) is 7.11 Å². The molecule has 0 spiro atoms. The zero-order valence-corrected chi connectivity index (χ0v) is 11.4. The van der Waals surface area contributed by atoms with Gasteiger partial charge < -0.3 is 24.8 Å². The van der Waals surface area contributed by atoms with Crippen molar-refractivity contribution >= 4 is 12.0 Å². The number of hydrogen-bond acceptors (Lipinski definition) is 4. The second-order valence-corrected chi connectivity index (χ2v) is 4.49. The SMILES string of the molecule is CCC1CN(C(=O)NCC(CC(=O)O)OC)CCO1. The number of carbonyl (C=O) groups is 2. The van der Waals surface area contributed by atoms with Gasteiger partial charge in [0, 0.05) is 26.7 Å². The van der Waals surface area contributed by atoms with Crippen molar-refractivity contribution in [3.05, 3.63) is 0 Å². The summed E-state index contributed by atoms with van der Waals surface area (Å²) in [5, 5.41) is 11.4. The minimum Gasteiger partial charge on any atom is -0.481 e. The number of morpholine rings is 1. The lowest BCUT2D eigenvalue weighted by Gasteiger charge is -2.32. The monoisotopic (exact) mass is 274 g/mol. The molecule has 2 unspecified atom stereocenters. The van der Waals surface area contributed by atoms with E-state index in [9.17, 15) is 9.59 Å². The van der Waals surface area contributed by atoms with Gasteiger partial charge in [0.2, 0.25) is 0 Å². The zero-order chi connectivity index (χ0) is 14.3. The lowest BCUT2D eigenvalue weighted by molar-refractivity contribution is -0.139. The van der Waals surface area contributed by atoms with Gasteiger partial charge in [-0.3, -0.25) is 4.79 Å². The second kappa shape index (κ2) is 7.96. The molecule has 7 heteroatoms. The summed E-state index contributed by atoms with van der Waals surface area (Å²) in [5.41, 5.74) is 0. The lowest BCUT2D eigenvalue weighted by atomic mass is 10.2. The minimum absolute atomic E-state index is 0.0803. The van der Waals surface area contributed by atoms with E-state index in [2.05, 4.69) is 5.32 Å². The number of nitrogens with zero attached hydrogens (tertiary/aromatic N) is 1. The fourth-order valence-corrected chi connectivity index (χ4v) is 1.90. The highest BCUT2D eigenvalue weighted by Gasteiger charge is 2.23. The lowest BCUT2D eigenvalue weighted by Crippen LogP contribution is -2.50. The summed E-state index contributed by atoms with van der Waals surface area (Å²) in [4.78, 5) is 24.2. The highest BCUT2D eigenvalue weighted by Crippen LogP contribution is 2.08. The molecule has 0 saturated carbocycles. The largest absolute Gasteiger partial charge is 0.481 e. The number of rotatable bonds is 6. The Balaban J connectivity index is 2.35. The van der Waals surface area contributed by atoms with Gasteiger partial charge in [0.1, 0.15) is 0 Å². The van der Waals surface area contributed by atoms with Gasteiger partial charge in [-0.05, 0) is 6.42 Å². The molecule has 1 saturated heterocycles. The van der Waals surface area contributed by atoms with E-state index in [0.29, 0.717) is 19.7 Å². The van der Waals surface area contributed by atoms with Crippen molar-refractivity contribution in [3.63, 3.8) is 0 Å². The number of amides is 2. The Bertz CT molecular complexity index is 310. The Labute approximate surface area is 112 Å². The molecule has 7 nitrogen and oxygen atoms in total. The molecule has 0 aliphatic carbocycles. The molecule has 2 atom stereocenters. The Morgan fingerprint density at radius 1 is 1.58 bits per heavy atom. The molecule has 0 aromatic heterocycles. The van der Waals surface area contributed by atoms with Crippen LogP contribution in [0.15, 0.2) is 0 Å². The first kappa shape index (κ1) is 15.7. The highest BCUT2D eigenvalue weighted by molar-refractivity contribution is 5.74. The van der Waals surface area contributed by atoms with Crippen molar-refractivity contribution < 1.29 is 24.2 Å². The van der Waals surface area contributed by atoms with Crippen molar-refractivity contribution in [2.45, 2.75) is 32.0 Å². The van der Waals surface area contributed by atoms with E-state index in [1.54, 1.807) is 4.90 Å². The molecule has 1 heterocycles. The Morgan fingerprint density at radius 3 is 2.89 bits per heavy atom. The van der Waals surface area contributed by atoms with E-state index in [0.717, 1.165) is 6.42 Å². The molecule has 2 N–H and O–H groups in total. The van der Waals surface area contributed by atoms with Crippen LogP contribution in [0.5, 0.6) is 0 Å². The maximum Gasteiger partial charge on any atom is 0.317 e. The van der Waals surface area contributed by atoms with E-state index < -0.39 is 12.1 Å². The van der Waals surface area contributed by atoms with Gasteiger partial charge in [0.05, 0.1) is 25.2 Å². The Morgan fingerprint density at radius 2 is 2.32 bits per heavy atom. The van der Waals surface area contributed by atoms with Crippen LogP contribution in [0.4, 0.5) is 4.79 Å². The number of hydrogen-bond donors (Lipinski definition) is 2. The maximum absolute atomic E-state index is 11.9. The van der Waals surface area contributed by atoms with Crippen molar-refractivity contribution in [2.75, 3.05) is 33.4 Å². The van der Waals surface area contributed by atoms with Crippen LogP contribution in [-0.4, -0.2) is 67.6 Å². The number of carboxylic acids is 1. The van der Waals surface area contributed by atoms with Gasteiger partial charge in [0.15, 0.2) is 0 Å². The van der Waals surface area contributed by atoms with Crippen LogP contribution in [0.1, 0.15) is 19.8 Å². The van der Waals surface area contributed by atoms with Crippen LogP contribution >= 0.6 is 0 Å². The van der Waals surface area contributed by atoms with Crippen LogP contribution in [0.25, 0.3) is 0 Å². The molecular formula is C12H22N2O5. The van der Waals surface area contributed by atoms with Crippen LogP contribution in [0.2, 0.25) is 0 Å². The van der Waals surface area contributed by atoms with E-state index in [1.807, 2.05) is 6.92 Å². The maximum atomic E-state index is 11.9. The summed E-state index contributed by atoms with van der Waals surface area (Å²) in [6.45, 7) is 3.86. The highest BCUT2D eigenvalue weighted by atomic mass is 16.5. The third kappa shape index (κ3) is 5.44. The fourth-order valence-electron chi connectivity index (χ4n) is 1.90. The third-order valence-electron chi connectivity index (χ3n) is 3.10. The topological polar surface area (TPSA) is 88.1 Å². The van der Waals surface area contributed by atoms with Crippen molar-refractivity contribution in [2.24, 2.45) is 0 Å². The molecule has 0 bridgehead atoms. The average Bonchev–Trinajstić information content (AvgIpc) is 2.42. The van der Waals surface area contributed by atoms with Gasteiger partial charge in [-0.2, -0.15) is 0 Å². The van der Waals surface area contributed by atoms with E-state index >= 15 is 0 Å². The number of aliphatic carboxylic acids is 1. The van der Waals surface area contributed by atoms with Crippen molar-refractivity contribution in [1.82, 2.24) is 10.2 Å². The molecular weight excluding hydrogens is 252 g/mol. The Kier molecular flexibility index (Phi) is 6.58. The second-order valence-electron chi connectivity index (χ2n) is 4.49. The molecule has 0 radical (unpaired) electrons. The molecule has 19 heavy (non-hydrogen) atoms. The number of nitrogens with one attached hydrogen (secondary N) is 1. The van der Waals surface area contributed by atoms with Gasteiger partial charge in [-0.1, -0.05) is 6.92 Å². The number of carbonyl (C=O) groups excluding carboxylic acids is 1. The normalized spacial score (nSPS) is 20.9. The van der Waals surface area contributed by atoms with Crippen LogP contribution in [-0.2, 0) is 14.3 Å². The number of methoxy groups -OCH3 is 1. The first-order chi connectivity index (χ1) is 9.06. The molecule has 110 valence electrons. The quantitative estimate of drug-likeness (QED) is 0.727. The van der Waals surface area contributed by atoms with Gasteiger partial charge in [-0.25, -0.2) is 4.79 Å². The summed E-state index contributed by atoms with van der Waals surface area (Å²) in [7, 11) is 1.43. The molecule has 1 rings (SSSR count). The summed E-state index contributed by atoms with van der Waals surface area (Å²) >= 11 is 0. The van der Waals surface area contributed by atoms with E-state index in [4.69, 9.17) is 14.6 Å². The predicted octanol–water partition coefficient (Wildman–Crippen LogP) is 0.297. The Hall–Kier alpha value is -1.34. The molecule has 1 fully saturated rings. The third-order valence-corrected chi connectivity index (χ3v) is 3.10. The summed E-state index contributed by atoms with van der Waals surface area (Å²) < 4.78 is 10.5. The standard InChI is InChI=1S/C12H22N2O5/c1-3-9-8-14(4-5-19-9)12(17)13-7-10(18-2)6-11(15)16/h9-10H,3-8H2,1-2H3,(H,13,17)(H,15,16). The molecule has 1 aliphatic rings. The summed E-state index contributed by atoms with van der Waals surface area (Å²) in [5.74, 6) is -0.946. The molecule has 0 aromatic rings. The van der Waals surface area contributed by atoms with E-state index in [-0.39, 0.29) is 25.1 Å². The van der Waals surface area contributed by atoms with Crippen LogP contribution in [0, 0.1) is 0 Å². The predicted molar refractivity (Wildman–Crippen MR) is 68.1 cm³/mol. The number of ether oxygens (including phenoxy) is 2. The number of urea groups is 1. The smallest absolute Gasteiger partial charge is 0.317 e. The van der Waals surface area contributed by atoms with Gasteiger partial charge >= 0.3 is 12.0 Å². The minimum atomic E-state index is -0.946. The fraction of sp³-hybridized carbons (Fsp3) is 0.833. The number of carboxylic acid groups (broad SMARTS) is 1.